The lowest BCUT2D eigenvalue weighted by Crippen LogP contribution is -2.42. The predicted molar refractivity (Wildman–Crippen MR) is 111 cm³/mol. The average Bonchev–Trinajstić information content (AvgIpc) is 3.18. The largest absolute Gasteiger partial charge is 0.493 e. The van der Waals surface area contributed by atoms with Crippen LogP contribution in [0.2, 0.25) is 0 Å². The molecule has 0 aromatic carbocycles. The second-order valence-corrected chi connectivity index (χ2v) is 9.56. The molecule has 1 saturated carbocycles. The van der Waals surface area contributed by atoms with E-state index in [0.717, 1.165) is 43.4 Å². The van der Waals surface area contributed by atoms with Gasteiger partial charge in [0.2, 0.25) is 5.91 Å². The van der Waals surface area contributed by atoms with Crippen LogP contribution < -0.4 is 10.1 Å². The monoisotopic (exact) mass is 400 g/mol. The van der Waals surface area contributed by atoms with Crippen molar-refractivity contribution in [3.8, 4) is 5.75 Å². The number of anilines is 1. The Morgan fingerprint density at radius 2 is 2.11 bits per heavy atom. The van der Waals surface area contributed by atoms with E-state index in [1.807, 2.05) is 32.2 Å². The van der Waals surface area contributed by atoms with E-state index in [-0.39, 0.29) is 5.91 Å². The van der Waals surface area contributed by atoms with E-state index in [1.165, 1.54) is 31.1 Å². The summed E-state index contributed by atoms with van der Waals surface area (Å²) in [6.45, 7) is 9.56. The first-order valence-electron chi connectivity index (χ1n) is 9.92. The van der Waals surface area contributed by atoms with Gasteiger partial charge in [-0.15, -0.1) is 11.3 Å². The third-order valence-corrected chi connectivity index (χ3v) is 6.61. The number of rotatable bonds is 6. The van der Waals surface area contributed by atoms with Gasteiger partial charge in [-0.1, -0.05) is 0 Å². The molecular weight excluding hydrogens is 372 g/mol. The Morgan fingerprint density at radius 1 is 1.36 bits per heavy atom. The molecule has 1 aliphatic heterocycles. The number of hydrogen-bond donors (Lipinski definition) is 1. The summed E-state index contributed by atoms with van der Waals surface area (Å²) in [6.07, 6.45) is 5.67. The Balaban J connectivity index is 1.23. The number of aromatic nitrogens is 2. The molecule has 2 aromatic rings. The van der Waals surface area contributed by atoms with Crippen LogP contribution in [-0.2, 0) is 11.3 Å². The van der Waals surface area contributed by atoms with E-state index in [9.17, 15) is 4.79 Å². The van der Waals surface area contributed by atoms with Crippen LogP contribution >= 0.6 is 11.3 Å². The molecule has 4 rings (SSSR count). The second-order valence-electron chi connectivity index (χ2n) is 8.44. The lowest BCUT2D eigenvalue weighted by molar-refractivity contribution is -0.114. The van der Waals surface area contributed by atoms with Crippen molar-refractivity contribution in [2.45, 2.75) is 46.6 Å². The first-order chi connectivity index (χ1) is 13.4. The molecule has 0 unspecified atom stereocenters. The molecule has 150 valence electrons. The van der Waals surface area contributed by atoms with Crippen molar-refractivity contribution >= 4 is 22.4 Å². The Labute approximate surface area is 170 Å². The minimum Gasteiger partial charge on any atom is -0.493 e. The van der Waals surface area contributed by atoms with Crippen molar-refractivity contribution < 1.29 is 9.53 Å². The van der Waals surface area contributed by atoms with Crippen molar-refractivity contribution in [1.29, 1.82) is 0 Å². The first-order valence-corrected chi connectivity index (χ1v) is 10.7. The van der Waals surface area contributed by atoms with Gasteiger partial charge < -0.3 is 10.1 Å². The summed E-state index contributed by atoms with van der Waals surface area (Å²) in [5, 5.41) is 3.45. The number of amides is 1. The maximum atomic E-state index is 11.1. The highest BCUT2D eigenvalue weighted by Gasteiger charge is 2.48. The molecule has 0 atom stereocenters. The highest BCUT2D eigenvalue weighted by Crippen LogP contribution is 2.52. The molecule has 2 aliphatic rings. The van der Waals surface area contributed by atoms with Crippen LogP contribution in [0.25, 0.3) is 0 Å². The van der Waals surface area contributed by atoms with Gasteiger partial charge in [0.15, 0.2) is 5.13 Å². The summed E-state index contributed by atoms with van der Waals surface area (Å²) in [5.41, 5.74) is 2.50. The fraction of sp³-hybridized carbons (Fsp3) is 0.571. The molecule has 2 fully saturated rings. The molecule has 0 radical (unpaired) electrons. The van der Waals surface area contributed by atoms with Crippen molar-refractivity contribution in [3.63, 3.8) is 0 Å². The fourth-order valence-electron chi connectivity index (χ4n) is 4.68. The Hall–Kier alpha value is -1.99. The Bertz CT molecular complexity index is 840. The van der Waals surface area contributed by atoms with E-state index in [0.29, 0.717) is 16.5 Å². The average molecular weight is 401 g/mol. The summed E-state index contributed by atoms with van der Waals surface area (Å²) in [7, 11) is 0. The minimum absolute atomic E-state index is 0.0687. The zero-order valence-corrected chi connectivity index (χ0v) is 17.6. The normalized spacial score (nSPS) is 24.3. The molecule has 1 spiro atoms. The van der Waals surface area contributed by atoms with Gasteiger partial charge >= 0.3 is 0 Å². The number of pyridine rings is 1. The highest BCUT2D eigenvalue weighted by atomic mass is 32.1. The zero-order valence-electron chi connectivity index (χ0n) is 16.8. The van der Waals surface area contributed by atoms with Crippen LogP contribution in [0.5, 0.6) is 5.75 Å². The predicted octanol–water partition coefficient (Wildman–Crippen LogP) is 3.79. The zero-order chi connectivity index (χ0) is 19.7. The van der Waals surface area contributed by atoms with E-state index >= 15 is 0 Å². The van der Waals surface area contributed by atoms with Crippen LogP contribution in [-0.4, -0.2) is 40.5 Å². The lowest BCUT2D eigenvalue weighted by Gasteiger charge is -2.45. The molecule has 3 heterocycles. The SMILES string of the molecule is CC(=O)Nc1ncc(CN2CCC3(CC(COc4cc(C)nc(C)c4)C3)C2)s1. The number of nitrogens with zero attached hydrogens (tertiary/aromatic N) is 3. The third kappa shape index (κ3) is 4.52. The van der Waals surface area contributed by atoms with Gasteiger partial charge in [0.1, 0.15) is 5.75 Å². The molecule has 0 bridgehead atoms. The molecule has 1 amide bonds. The number of thiazole rings is 1. The number of carbonyl (C=O) groups excluding carboxylic acids is 1. The summed E-state index contributed by atoms with van der Waals surface area (Å²) in [4.78, 5) is 23.6. The van der Waals surface area contributed by atoms with Crippen molar-refractivity contribution in [2.75, 3.05) is 25.0 Å². The molecule has 7 heteroatoms. The van der Waals surface area contributed by atoms with Crippen LogP contribution in [0, 0.1) is 25.2 Å². The van der Waals surface area contributed by atoms with Crippen LogP contribution in [0.1, 0.15) is 42.5 Å². The molecule has 1 saturated heterocycles. The van der Waals surface area contributed by atoms with E-state index in [1.54, 1.807) is 11.3 Å². The summed E-state index contributed by atoms with van der Waals surface area (Å²) in [6, 6.07) is 4.03. The number of ether oxygens (including phenoxy) is 1. The standard InChI is InChI=1S/C21H28N4O2S/c1-14-6-18(7-15(2)23-14)27-12-17-8-21(9-17)4-5-25(13-21)11-19-10-22-20(28-19)24-16(3)26/h6-7,10,17H,4-5,8-9,11-13H2,1-3H3,(H,22,24,26). The molecule has 28 heavy (non-hydrogen) atoms. The number of likely N-dealkylation sites (tertiary alicyclic amines) is 1. The van der Waals surface area contributed by atoms with Crippen LogP contribution in [0.3, 0.4) is 0 Å². The smallest absolute Gasteiger partial charge is 0.223 e. The van der Waals surface area contributed by atoms with Gasteiger partial charge in [-0.2, -0.15) is 0 Å². The number of hydrogen-bond acceptors (Lipinski definition) is 6. The molecule has 1 N–H and O–H groups in total. The summed E-state index contributed by atoms with van der Waals surface area (Å²) in [5.74, 6) is 1.53. The molecule has 6 nitrogen and oxygen atoms in total. The van der Waals surface area contributed by atoms with Crippen molar-refractivity contribution in [1.82, 2.24) is 14.9 Å². The Kier molecular flexibility index (Phi) is 5.38. The maximum absolute atomic E-state index is 11.1. The molecular formula is C21H28N4O2S. The van der Waals surface area contributed by atoms with E-state index in [2.05, 4.69) is 20.2 Å². The summed E-state index contributed by atoms with van der Waals surface area (Å²) < 4.78 is 6.04. The van der Waals surface area contributed by atoms with Gasteiger partial charge in [-0.25, -0.2) is 4.98 Å². The van der Waals surface area contributed by atoms with Crippen LogP contribution in [0.4, 0.5) is 5.13 Å². The van der Waals surface area contributed by atoms with Gasteiger partial charge in [-0.3, -0.25) is 14.7 Å². The number of carbonyl (C=O) groups is 1. The van der Waals surface area contributed by atoms with E-state index in [4.69, 9.17) is 4.74 Å². The first kappa shape index (κ1) is 19.3. The maximum Gasteiger partial charge on any atom is 0.223 e. The topological polar surface area (TPSA) is 67.4 Å². The van der Waals surface area contributed by atoms with Gasteiger partial charge in [0.05, 0.1) is 6.61 Å². The minimum atomic E-state index is -0.0687. The summed E-state index contributed by atoms with van der Waals surface area (Å²) >= 11 is 1.57. The lowest BCUT2D eigenvalue weighted by atomic mass is 9.62. The Morgan fingerprint density at radius 3 is 2.82 bits per heavy atom. The van der Waals surface area contributed by atoms with Crippen LogP contribution in [0.15, 0.2) is 18.3 Å². The molecule has 1 aliphatic carbocycles. The highest BCUT2D eigenvalue weighted by molar-refractivity contribution is 7.15. The molecule has 2 aromatic heterocycles. The third-order valence-electron chi connectivity index (χ3n) is 5.72. The quantitative estimate of drug-likeness (QED) is 0.799. The number of aryl methyl sites for hydroxylation is 2. The van der Waals surface area contributed by atoms with E-state index < -0.39 is 0 Å². The van der Waals surface area contributed by atoms with Crippen molar-refractivity contribution in [3.05, 3.63) is 34.6 Å². The second kappa shape index (κ2) is 7.79. The van der Waals surface area contributed by atoms with Gasteiger partial charge in [0, 0.05) is 54.6 Å². The van der Waals surface area contributed by atoms with Crippen molar-refractivity contribution in [2.24, 2.45) is 11.3 Å². The number of nitrogens with one attached hydrogen (secondary N) is 1. The van der Waals surface area contributed by atoms with Gasteiger partial charge in [-0.05, 0) is 51.0 Å². The fourth-order valence-corrected chi connectivity index (χ4v) is 5.58. The van der Waals surface area contributed by atoms with Gasteiger partial charge in [0.25, 0.3) is 0 Å².